The third-order valence-electron chi connectivity index (χ3n) is 3.54. The smallest absolute Gasteiger partial charge is 0.137 e. The summed E-state index contributed by atoms with van der Waals surface area (Å²) >= 11 is 9.95. The van der Waals surface area contributed by atoms with E-state index in [0.29, 0.717) is 10.8 Å². The van der Waals surface area contributed by atoms with Crippen LogP contribution in [0.2, 0.25) is 5.02 Å². The number of halogens is 2. The molecule has 21 heavy (non-hydrogen) atoms. The highest BCUT2D eigenvalue weighted by molar-refractivity contribution is 9.09. The zero-order valence-corrected chi connectivity index (χ0v) is 15.1. The van der Waals surface area contributed by atoms with Gasteiger partial charge in [0.2, 0.25) is 0 Å². The summed E-state index contributed by atoms with van der Waals surface area (Å²) in [7, 11) is 1.62. The average molecular weight is 368 g/mol. The van der Waals surface area contributed by atoms with Gasteiger partial charge in [0.15, 0.2) is 0 Å². The van der Waals surface area contributed by atoms with Gasteiger partial charge in [0.1, 0.15) is 5.75 Å². The van der Waals surface area contributed by atoms with Crippen LogP contribution in [0.4, 0.5) is 0 Å². The van der Waals surface area contributed by atoms with Crippen LogP contribution >= 0.6 is 27.5 Å². The minimum atomic E-state index is 0.120. The minimum absolute atomic E-state index is 0.120. The maximum absolute atomic E-state index is 6.20. The van der Waals surface area contributed by atoms with Crippen molar-refractivity contribution in [3.05, 3.63) is 64.2 Å². The largest absolute Gasteiger partial charge is 0.495 e. The van der Waals surface area contributed by atoms with E-state index < -0.39 is 0 Å². The van der Waals surface area contributed by atoms with Crippen LogP contribution in [0.25, 0.3) is 0 Å². The number of hydrogen-bond donors (Lipinski definition) is 0. The van der Waals surface area contributed by atoms with Gasteiger partial charge in [0.25, 0.3) is 0 Å². The first-order valence-corrected chi connectivity index (χ1v) is 8.20. The van der Waals surface area contributed by atoms with Gasteiger partial charge in [0, 0.05) is 0 Å². The van der Waals surface area contributed by atoms with E-state index in [1.54, 1.807) is 7.11 Å². The first-order chi connectivity index (χ1) is 9.82. The molecule has 0 aliphatic carbocycles. The van der Waals surface area contributed by atoms with Crippen molar-refractivity contribution in [2.24, 2.45) is 0 Å². The van der Waals surface area contributed by atoms with Crippen molar-refractivity contribution in [1.29, 1.82) is 0 Å². The van der Waals surface area contributed by atoms with Crippen LogP contribution in [0, 0.1) is 0 Å². The highest BCUT2D eigenvalue weighted by Crippen LogP contribution is 2.35. The number of methoxy groups -OCH3 is 1. The van der Waals surface area contributed by atoms with Gasteiger partial charge in [0.05, 0.1) is 17.0 Å². The van der Waals surface area contributed by atoms with E-state index in [-0.39, 0.29) is 10.2 Å². The molecule has 2 aromatic carbocycles. The summed E-state index contributed by atoms with van der Waals surface area (Å²) in [6.07, 6.45) is 0. The maximum atomic E-state index is 6.20. The molecule has 2 aromatic rings. The predicted octanol–water partition coefficient (Wildman–Crippen LogP) is 6.13. The predicted molar refractivity (Wildman–Crippen MR) is 93.9 cm³/mol. The number of hydrogen-bond acceptors (Lipinski definition) is 1. The molecule has 112 valence electrons. The van der Waals surface area contributed by atoms with Crippen LogP contribution in [0.15, 0.2) is 42.5 Å². The Kier molecular flexibility index (Phi) is 5.00. The fourth-order valence-corrected chi connectivity index (χ4v) is 3.04. The Morgan fingerprint density at radius 1 is 1.00 bits per heavy atom. The SMILES string of the molecule is COc1ccc(C(Br)c2ccc(C(C)(C)C)cc2)cc1Cl. The Morgan fingerprint density at radius 3 is 2.05 bits per heavy atom. The van der Waals surface area contributed by atoms with Crippen LogP contribution < -0.4 is 4.74 Å². The molecule has 0 aliphatic rings. The second kappa shape index (κ2) is 6.41. The lowest BCUT2D eigenvalue weighted by Gasteiger charge is -2.20. The summed E-state index contributed by atoms with van der Waals surface area (Å²) in [6.45, 7) is 6.66. The number of alkyl halides is 1. The number of benzene rings is 2. The first-order valence-electron chi connectivity index (χ1n) is 6.91. The van der Waals surface area contributed by atoms with Gasteiger partial charge in [-0.25, -0.2) is 0 Å². The summed E-state index contributed by atoms with van der Waals surface area (Å²) in [5, 5.41) is 0.630. The Labute approximate surface area is 140 Å². The topological polar surface area (TPSA) is 9.23 Å². The minimum Gasteiger partial charge on any atom is -0.495 e. The van der Waals surface area contributed by atoms with Crippen LogP contribution in [0.5, 0.6) is 5.75 Å². The van der Waals surface area contributed by atoms with Gasteiger partial charge in [-0.3, -0.25) is 0 Å². The van der Waals surface area contributed by atoms with Crippen LogP contribution in [0.1, 0.15) is 42.3 Å². The standard InChI is InChI=1S/C18H20BrClO/c1-18(2,3)14-8-5-12(6-9-14)17(19)13-7-10-16(21-4)15(20)11-13/h5-11,17H,1-4H3. The molecule has 0 saturated heterocycles. The van der Waals surface area contributed by atoms with Gasteiger partial charge >= 0.3 is 0 Å². The molecule has 1 atom stereocenters. The van der Waals surface area contributed by atoms with E-state index in [4.69, 9.17) is 16.3 Å². The monoisotopic (exact) mass is 366 g/mol. The first kappa shape index (κ1) is 16.4. The second-order valence-corrected chi connectivity index (χ2v) is 7.45. The van der Waals surface area contributed by atoms with Crippen molar-refractivity contribution in [2.75, 3.05) is 7.11 Å². The van der Waals surface area contributed by atoms with Gasteiger partial charge in [-0.05, 0) is 34.2 Å². The molecule has 1 unspecified atom stereocenters. The van der Waals surface area contributed by atoms with E-state index >= 15 is 0 Å². The fourth-order valence-electron chi connectivity index (χ4n) is 2.18. The van der Waals surface area contributed by atoms with Gasteiger partial charge in [-0.2, -0.15) is 0 Å². The normalized spacial score (nSPS) is 13.0. The molecule has 0 heterocycles. The third-order valence-corrected chi connectivity index (χ3v) is 4.89. The summed E-state index contributed by atoms with van der Waals surface area (Å²) in [4.78, 5) is 0.120. The third kappa shape index (κ3) is 3.81. The lowest BCUT2D eigenvalue weighted by molar-refractivity contribution is 0.415. The molecular weight excluding hydrogens is 348 g/mol. The van der Waals surface area contributed by atoms with Gasteiger partial charge < -0.3 is 4.74 Å². The van der Waals surface area contributed by atoms with Crippen molar-refractivity contribution in [2.45, 2.75) is 31.0 Å². The summed E-state index contributed by atoms with van der Waals surface area (Å²) in [5.41, 5.74) is 3.83. The quantitative estimate of drug-likeness (QED) is 0.593. The Hall–Kier alpha value is -0.990. The van der Waals surface area contributed by atoms with Crippen LogP contribution in [0.3, 0.4) is 0 Å². The highest BCUT2D eigenvalue weighted by atomic mass is 79.9. The van der Waals surface area contributed by atoms with Crippen LogP contribution in [-0.4, -0.2) is 7.11 Å². The van der Waals surface area contributed by atoms with Crippen molar-refractivity contribution >= 4 is 27.5 Å². The molecular formula is C18H20BrClO. The number of rotatable bonds is 3. The van der Waals surface area contributed by atoms with Crippen LogP contribution in [-0.2, 0) is 5.41 Å². The summed E-state index contributed by atoms with van der Waals surface area (Å²) in [5.74, 6) is 0.697. The van der Waals surface area contributed by atoms with E-state index in [9.17, 15) is 0 Å². The molecule has 3 heteroatoms. The molecule has 0 aliphatic heterocycles. The van der Waals surface area contributed by atoms with E-state index in [1.165, 1.54) is 11.1 Å². The Balaban J connectivity index is 2.27. The average Bonchev–Trinajstić information content (AvgIpc) is 2.45. The molecule has 0 saturated carbocycles. The molecule has 0 radical (unpaired) electrons. The second-order valence-electron chi connectivity index (χ2n) is 6.13. The highest BCUT2D eigenvalue weighted by Gasteiger charge is 2.16. The summed E-state index contributed by atoms with van der Waals surface area (Å²) in [6, 6.07) is 14.6. The zero-order valence-electron chi connectivity index (χ0n) is 12.8. The zero-order chi connectivity index (χ0) is 15.6. The van der Waals surface area contributed by atoms with E-state index in [0.717, 1.165) is 5.56 Å². The molecule has 0 fully saturated rings. The molecule has 1 nitrogen and oxygen atoms in total. The van der Waals surface area contributed by atoms with Gasteiger partial charge in [-0.15, -0.1) is 0 Å². The van der Waals surface area contributed by atoms with Gasteiger partial charge in [-0.1, -0.05) is 78.6 Å². The van der Waals surface area contributed by atoms with Crippen molar-refractivity contribution < 1.29 is 4.74 Å². The lowest BCUT2D eigenvalue weighted by atomic mass is 9.86. The van der Waals surface area contributed by atoms with Crippen molar-refractivity contribution in [3.8, 4) is 5.75 Å². The van der Waals surface area contributed by atoms with E-state index in [2.05, 4.69) is 61.0 Å². The molecule has 0 amide bonds. The van der Waals surface area contributed by atoms with E-state index in [1.807, 2.05) is 18.2 Å². The maximum Gasteiger partial charge on any atom is 0.137 e. The Morgan fingerprint density at radius 2 is 1.57 bits per heavy atom. The Bertz CT molecular complexity index is 614. The van der Waals surface area contributed by atoms with Crippen molar-refractivity contribution in [3.63, 3.8) is 0 Å². The lowest BCUT2D eigenvalue weighted by Crippen LogP contribution is -2.10. The molecule has 0 N–H and O–H groups in total. The number of ether oxygens (including phenoxy) is 1. The molecule has 2 rings (SSSR count). The fraction of sp³-hybridized carbons (Fsp3) is 0.333. The molecule has 0 spiro atoms. The summed E-state index contributed by atoms with van der Waals surface area (Å²) < 4.78 is 5.19. The molecule has 0 bridgehead atoms. The molecule has 0 aromatic heterocycles. The van der Waals surface area contributed by atoms with Crippen molar-refractivity contribution in [1.82, 2.24) is 0 Å².